The van der Waals surface area contributed by atoms with Gasteiger partial charge in [-0.15, -0.1) is 0 Å². The molecule has 3 unspecified atom stereocenters. The maximum Gasteiger partial charge on any atom is 0.223 e. The van der Waals surface area contributed by atoms with E-state index in [2.05, 4.69) is 27.3 Å². The maximum absolute atomic E-state index is 12.2. The number of benzene rings is 1. The highest BCUT2D eigenvalue weighted by Crippen LogP contribution is 2.54. The van der Waals surface area contributed by atoms with Gasteiger partial charge in [0.1, 0.15) is 0 Å². The Morgan fingerprint density at radius 2 is 1.94 bits per heavy atom. The molecule has 0 aliphatic heterocycles. The second-order valence-corrected chi connectivity index (χ2v) is 6.53. The number of carbonyl (C=O) groups is 1. The molecule has 2 aliphatic rings. The summed E-state index contributed by atoms with van der Waals surface area (Å²) in [6, 6.07) is 8.15. The van der Waals surface area contributed by atoms with E-state index in [9.17, 15) is 4.79 Å². The van der Waals surface area contributed by atoms with E-state index in [0.717, 1.165) is 34.7 Å². The Bertz CT molecular complexity index is 463. The van der Waals surface area contributed by atoms with Gasteiger partial charge in [0.2, 0.25) is 5.91 Å². The van der Waals surface area contributed by atoms with Gasteiger partial charge >= 0.3 is 0 Å². The topological polar surface area (TPSA) is 29.1 Å². The summed E-state index contributed by atoms with van der Waals surface area (Å²) in [6.07, 6.45) is 3.59. The van der Waals surface area contributed by atoms with Gasteiger partial charge in [-0.25, -0.2) is 0 Å². The number of fused-ring (bicyclic) bond motifs is 1. The van der Waals surface area contributed by atoms with Crippen LogP contribution >= 0.6 is 15.9 Å². The molecular weight excluding hydrogens is 290 g/mol. The quantitative estimate of drug-likeness (QED) is 0.907. The highest BCUT2D eigenvalue weighted by molar-refractivity contribution is 9.10. The number of rotatable bonds is 3. The smallest absolute Gasteiger partial charge is 0.223 e. The Morgan fingerprint density at radius 1 is 1.28 bits per heavy atom. The third-order valence-electron chi connectivity index (χ3n) is 4.34. The summed E-state index contributed by atoms with van der Waals surface area (Å²) >= 11 is 3.54. The normalized spacial score (nSPS) is 30.7. The van der Waals surface area contributed by atoms with Gasteiger partial charge in [0.15, 0.2) is 0 Å². The van der Waals surface area contributed by atoms with Crippen molar-refractivity contribution in [2.24, 2.45) is 17.8 Å². The van der Waals surface area contributed by atoms with Crippen LogP contribution in [0.3, 0.4) is 0 Å². The molecule has 0 saturated heterocycles. The van der Waals surface area contributed by atoms with Crippen LogP contribution in [0.1, 0.15) is 37.8 Å². The molecular formula is C15H18BrNO. The number of hydrogen-bond donors (Lipinski definition) is 1. The van der Waals surface area contributed by atoms with Crippen molar-refractivity contribution in [3.63, 3.8) is 0 Å². The van der Waals surface area contributed by atoms with E-state index in [-0.39, 0.29) is 17.9 Å². The van der Waals surface area contributed by atoms with Crippen LogP contribution in [0.25, 0.3) is 0 Å². The van der Waals surface area contributed by atoms with Gasteiger partial charge < -0.3 is 5.32 Å². The van der Waals surface area contributed by atoms with E-state index in [4.69, 9.17) is 0 Å². The summed E-state index contributed by atoms with van der Waals surface area (Å²) in [5.74, 6) is 2.23. The molecule has 0 aromatic heterocycles. The highest BCUT2D eigenvalue weighted by Gasteiger charge is 2.48. The summed E-state index contributed by atoms with van der Waals surface area (Å²) in [5, 5.41) is 3.15. The minimum Gasteiger partial charge on any atom is -0.349 e. The van der Waals surface area contributed by atoms with Crippen molar-refractivity contribution in [2.75, 3.05) is 0 Å². The number of hydrogen-bond acceptors (Lipinski definition) is 1. The Kier molecular flexibility index (Phi) is 3.18. The average molecular weight is 308 g/mol. The second kappa shape index (κ2) is 4.69. The van der Waals surface area contributed by atoms with Crippen LogP contribution in [0.4, 0.5) is 0 Å². The average Bonchev–Trinajstić information content (AvgIpc) is 2.96. The fourth-order valence-electron chi connectivity index (χ4n) is 3.16. The predicted octanol–water partition coefficient (Wildman–Crippen LogP) is 3.67. The van der Waals surface area contributed by atoms with E-state index >= 15 is 0 Å². The standard InChI is InChI=1S/C15H18BrNO/c1-9(13-4-2-3-5-14(13)16)17-15(18)12-7-10-6-11(10)8-12/h2-5,9-12H,6-8H2,1H3,(H,17,18). The van der Waals surface area contributed by atoms with Crippen LogP contribution in [-0.4, -0.2) is 5.91 Å². The van der Waals surface area contributed by atoms with E-state index in [0.29, 0.717) is 0 Å². The maximum atomic E-state index is 12.2. The predicted molar refractivity (Wildman–Crippen MR) is 75.0 cm³/mol. The SMILES string of the molecule is CC(NC(=O)C1CC2CC2C1)c1ccccc1Br. The van der Waals surface area contributed by atoms with Crippen LogP contribution in [0.2, 0.25) is 0 Å². The minimum atomic E-state index is 0.0741. The van der Waals surface area contributed by atoms with E-state index < -0.39 is 0 Å². The van der Waals surface area contributed by atoms with Crippen molar-refractivity contribution in [3.8, 4) is 0 Å². The van der Waals surface area contributed by atoms with Crippen molar-refractivity contribution in [3.05, 3.63) is 34.3 Å². The molecule has 2 fully saturated rings. The van der Waals surface area contributed by atoms with Gasteiger partial charge in [-0.05, 0) is 49.7 Å². The molecule has 96 valence electrons. The molecule has 1 aromatic rings. The zero-order valence-electron chi connectivity index (χ0n) is 10.5. The van der Waals surface area contributed by atoms with Gasteiger partial charge in [0.05, 0.1) is 6.04 Å². The monoisotopic (exact) mass is 307 g/mol. The summed E-state index contributed by atoms with van der Waals surface area (Å²) in [7, 11) is 0. The lowest BCUT2D eigenvalue weighted by molar-refractivity contribution is -0.125. The van der Waals surface area contributed by atoms with E-state index in [1.165, 1.54) is 6.42 Å². The van der Waals surface area contributed by atoms with Crippen molar-refractivity contribution in [1.29, 1.82) is 0 Å². The molecule has 2 saturated carbocycles. The lowest BCUT2D eigenvalue weighted by Gasteiger charge is -2.19. The number of nitrogens with one attached hydrogen (secondary N) is 1. The van der Waals surface area contributed by atoms with E-state index in [1.807, 2.05) is 25.1 Å². The fourth-order valence-corrected chi connectivity index (χ4v) is 3.79. The van der Waals surface area contributed by atoms with Crippen molar-refractivity contribution < 1.29 is 4.79 Å². The molecule has 1 aromatic carbocycles. The van der Waals surface area contributed by atoms with Gasteiger partial charge in [-0.1, -0.05) is 34.1 Å². The van der Waals surface area contributed by atoms with Gasteiger partial charge in [-0.3, -0.25) is 4.79 Å². The number of carbonyl (C=O) groups excluding carboxylic acids is 1. The lowest BCUT2D eigenvalue weighted by Crippen LogP contribution is -2.32. The second-order valence-electron chi connectivity index (χ2n) is 5.68. The summed E-state index contributed by atoms with van der Waals surface area (Å²) < 4.78 is 1.06. The lowest BCUT2D eigenvalue weighted by atomic mass is 10.0. The largest absolute Gasteiger partial charge is 0.349 e. The van der Waals surface area contributed by atoms with Crippen LogP contribution < -0.4 is 5.32 Å². The first-order valence-electron chi connectivity index (χ1n) is 6.70. The van der Waals surface area contributed by atoms with Crippen molar-refractivity contribution in [1.82, 2.24) is 5.32 Å². The summed E-state index contributed by atoms with van der Waals surface area (Å²) in [4.78, 5) is 12.2. The Balaban J connectivity index is 1.62. The molecule has 3 rings (SSSR count). The molecule has 1 N–H and O–H groups in total. The molecule has 0 spiro atoms. The molecule has 3 heteroatoms. The zero-order valence-corrected chi connectivity index (χ0v) is 12.1. The third-order valence-corrected chi connectivity index (χ3v) is 5.07. The van der Waals surface area contributed by atoms with Crippen LogP contribution in [0.15, 0.2) is 28.7 Å². The van der Waals surface area contributed by atoms with Crippen LogP contribution in [-0.2, 0) is 4.79 Å². The Morgan fingerprint density at radius 3 is 2.61 bits per heavy atom. The zero-order chi connectivity index (χ0) is 12.7. The fraction of sp³-hybridized carbons (Fsp3) is 0.533. The minimum absolute atomic E-state index is 0.0741. The summed E-state index contributed by atoms with van der Waals surface area (Å²) in [5.41, 5.74) is 1.15. The number of amides is 1. The van der Waals surface area contributed by atoms with Gasteiger partial charge in [0.25, 0.3) is 0 Å². The van der Waals surface area contributed by atoms with Gasteiger partial charge in [0, 0.05) is 10.4 Å². The molecule has 3 atom stereocenters. The molecule has 0 heterocycles. The molecule has 18 heavy (non-hydrogen) atoms. The number of halogens is 1. The van der Waals surface area contributed by atoms with Crippen molar-refractivity contribution >= 4 is 21.8 Å². The molecule has 2 nitrogen and oxygen atoms in total. The van der Waals surface area contributed by atoms with Crippen molar-refractivity contribution in [2.45, 2.75) is 32.2 Å². The van der Waals surface area contributed by atoms with Crippen LogP contribution in [0.5, 0.6) is 0 Å². The first kappa shape index (κ1) is 12.2. The Hall–Kier alpha value is -0.830. The molecule has 0 radical (unpaired) electrons. The third kappa shape index (κ3) is 2.33. The van der Waals surface area contributed by atoms with E-state index in [1.54, 1.807) is 0 Å². The molecule has 1 amide bonds. The first-order valence-corrected chi connectivity index (χ1v) is 7.49. The Labute approximate surface area is 116 Å². The summed E-state index contributed by atoms with van der Waals surface area (Å²) in [6.45, 7) is 2.05. The molecule has 0 bridgehead atoms. The molecule has 2 aliphatic carbocycles. The van der Waals surface area contributed by atoms with Gasteiger partial charge in [-0.2, -0.15) is 0 Å². The van der Waals surface area contributed by atoms with Crippen LogP contribution in [0, 0.1) is 17.8 Å². The highest BCUT2D eigenvalue weighted by atomic mass is 79.9. The first-order chi connectivity index (χ1) is 8.65.